The van der Waals surface area contributed by atoms with Crippen LogP contribution in [-0.2, 0) is 13.1 Å². The van der Waals surface area contributed by atoms with E-state index in [9.17, 15) is 0 Å². The Morgan fingerprint density at radius 2 is 2.15 bits per heavy atom. The molecule has 4 nitrogen and oxygen atoms in total. The Labute approximate surface area is 119 Å². The molecule has 1 saturated carbocycles. The van der Waals surface area contributed by atoms with E-state index < -0.39 is 0 Å². The molecular weight excluding hydrogens is 250 g/mol. The number of nitrogens with zero attached hydrogens (tertiary/aromatic N) is 3. The van der Waals surface area contributed by atoms with E-state index in [0.717, 1.165) is 31.1 Å². The summed E-state index contributed by atoms with van der Waals surface area (Å²) in [6.45, 7) is 7.51. The Bertz CT molecular complexity index is 623. The minimum absolute atomic E-state index is 0.443. The monoisotopic (exact) mass is 271 g/mol. The van der Waals surface area contributed by atoms with Gasteiger partial charge in [0.1, 0.15) is 5.76 Å². The molecule has 0 spiro atoms. The van der Waals surface area contributed by atoms with Crippen LogP contribution >= 0.6 is 0 Å². The summed E-state index contributed by atoms with van der Waals surface area (Å²) >= 11 is 0. The normalized spacial score (nSPS) is 23.0. The standard InChI is InChI=1S/C16H21N3O/c1-11-3-6-15-12(2)18(7-8-19(11)15)10-14-9-16(20-17-14)13-4-5-13/h3,6,9,12-13H,4-5,7-8,10H2,1-2H3. The van der Waals surface area contributed by atoms with Gasteiger partial charge in [0.05, 0.1) is 5.69 Å². The lowest BCUT2D eigenvalue weighted by Crippen LogP contribution is -2.36. The summed E-state index contributed by atoms with van der Waals surface area (Å²) in [6.07, 6.45) is 2.53. The molecule has 106 valence electrons. The summed E-state index contributed by atoms with van der Waals surface area (Å²) in [6, 6.07) is 7.07. The first-order chi connectivity index (χ1) is 9.72. The van der Waals surface area contributed by atoms with E-state index in [1.807, 2.05) is 0 Å². The molecule has 0 radical (unpaired) electrons. The third-order valence-electron chi connectivity index (χ3n) is 4.74. The topological polar surface area (TPSA) is 34.2 Å². The molecule has 2 aromatic heterocycles. The molecule has 0 N–H and O–H groups in total. The SMILES string of the molecule is Cc1ccc2n1CCN(Cc1cc(C3CC3)on1)C2C. The van der Waals surface area contributed by atoms with Crippen LogP contribution in [0.1, 0.15) is 54.6 Å². The van der Waals surface area contributed by atoms with Crippen molar-refractivity contribution in [2.24, 2.45) is 0 Å². The molecule has 2 aromatic rings. The summed E-state index contributed by atoms with van der Waals surface area (Å²) in [7, 11) is 0. The van der Waals surface area contributed by atoms with Crippen LogP contribution < -0.4 is 0 Å². The molecule has 1 aliphatic carbocycles. The minimum atomic E-state index is 0.443. The van der Waals surface area contributed by atoms with Gasteiger partial charge in [-0.15, -0.1) is 0 Å². The number of fused-ring (bicyclic) bond motifs is 1. The van der Waals surface area contributed by atoms with Gasteiger partial charge in [-0.2, -0.15) is 0 Å². The molecule has 1 fully saturated rings. The number of aryl methyl sites for hydroxylation is 1. The Hall–Kier alpha value is -1.55. The molecule has 4 rings (SSSR count). The van der Waals surface area contributed by atoms with Crippen molar-refractivity contribution in [3.05, 3.63) is 41.0 Å². The zero-order valence-electron chi connectivity index (χ0n) is 12.2. The van der Waals surface area contributed by atoms with Crippen LogP contribution in [0.15, 0.2) is 22.7 Å². The van der Waals surface area contributed by atoms with E-state index in [4.69, 9.17) is 4.52 Å². The highest BCUT2D eigenvalue weighted by atomic mass is 16.5. The van der Waals surface area contributed by atoms with Gasteiger partial charge in [0.2, 0.25) is 0 Å². The first-order valence-electron chi connectivity index (χ1n) is 7.58. The maximum absolute atomic E-state index is 5.46. The van der Waals surface area contributed by atoms with Gasteiger partial charge >= 0.3 is 0 Å². The summed E-state index contributed by atoms with van der Waals surface area (Å²) in [5, 5.41) is 4.24. The van der Waals surface area contributed by atoms with Gasteiger partial charge in [0.25, 0.3) is 0 Å². The molecule has 1 aliphatic heterocycles. The van der Waals surface area contributed by atoms with Crippen molar-refractivity contribution >= 4 is 0 Å². The lowest BCUT2D eigenvalue weighted by atomic mass is 10.1. The van der Waals surface area contributed by atoms with E-state index in [1.165, 1.54) is 24.2 Å². The molecule has 1 atom stereocenters. The Balaban J connectivity index is 1.51. The van der Waals surface area contributed by atoms with E-state index in [1.54, 1.807) is 0 Å². The fourth-order valence-corrected chi connectivity index (χ4v) is 3.26. The fraction of sp³-hybridized carbons (Fsp3) is 0.562. The molecule has 4 heteroatoms. The molecule has 0 aromatic carbocycles. The zero-order chi connectivity index (χ0) is 13.7. The van der Waals surface area contributed by atoms with E-state index in [0.29, 0.717) is 12.0 Å². The van der Waals surface area contributed by atoms with Crippen molar-refractivity contribution in [2.75, 3.05) is 6.54 Å². The molecule has 3 heterocycles. The average molecular weight is 271 g/mol. The van der Waals surface area contributed by atoms with Crippen molar-refractivity contribution < 1.29 is 4.52 Å². The van der Waals surface area contributed by atoms with Crippen LogP contribution in [0.25, 0.3) is 0 Å². The second-order valence-electron chi connectivity index (χ2n) is 6.19. The van der Waals surface area contributed by atoms with Crippen molar-refractivity contribution in [1.29, 1.82) is 0 Å². The van der Waals surface area contributed by atoms with Crippen LogP contribution in [0.4, 0.5) is 0 Å². The maximum atomic E-state index is 5.46. The maximum Gasteiger partial charge on any atom is 0.140 e. The van der Waals surface area contributed by atoms with E-state index in [2.05, 4.69) is 46.7 Å². The number of hydrogen-bond acceptors (Lipinski definition) is 3. The van der Waals surface area contributed by atoms with Gasteiger partial charge in [0, 0.05) is 49.0 Å². The van der Waals surface area contributed by atoms with Gasteiger partial charge in [0.15, 0.2) is 0 Å². The molecule has 0 amide bonds. The van der Waals surface area contributed by atoms with Crippen molar-refractivity contribution in [3.63, 3.8) is 0 Å². The molecule has 0 saturated heterocycles. The zero-order valence-corrected chi connectivity index (χ0v) is 12.2. The minimum Gasteiger partial charge on any atom is -0.361 e. The molecule has 2 aliphatic rings. The second kappa shape index (κ2) is 4.48. The summed E-state index contributed by atoms with van der Waals surface area (Å²) in [4.78, 5) is 2.49. The number of aromatic nitrogens is 2. The Kier molecular flexibility index (Phi) is 2.74. The smallest absolute Gasteiger partial charge is 0.140 e. The van der Waals surface area contributed by atoms with Gasteiger partial charge in [-0.25, -0.2) is 0 Å². The molecular formula is C16H21N3O. The first-order valence-corrected chi connectivity index (χ1v) is 7.58. The van der Waals surface area contributed by atoms with Crippen molar-refractivity contribution in [3.8, 4) is 0 Å². The summed E-state index contributed by atoms with van der Waals surface area (Å²) in [5.74, 6) is 1.73. The second-order valence-corrected chi connectivity index (χ2v) is 6.19. The highest BCUT2D eigenvalue weighted by Gasteiger charge is 2.29. The number of hydrogen-bond donors (Lipinski definition) is 0. The van der Waals surface area contributed by atoms with E-state index >= 15 is 0 Å². The van der Waals surface area contributed by atoms with Crippen LogP contribution in [0.5, 0.6) is 0 Å². The highest BCUT2D eigenvalue weighted by molar-refractivity contribution is 5.21. The third-order valence-corrected chi connectivity index (χ3v) is 4.74. The van der Waals surface area contributed by atoms with Crippen LogP contribution in [0.3, 0.4) is 0 Å². The first kappa shape index (κ1) is 12.2. The predicted octanol–water partition coefficient (Wildman–Crippen LogP) is 3.24. The molecule has 1 unspecified atom stereocenters. The van der Waals surface area contributed by atoms with Crippen LogP contribution in [0, 0.1) is 6.92 Å². The lowest BCUT2D eigenvalue weighted by Gasteiger charge is -2.34. The van der Waals surface area contributed by atoms with Gasteiger partial charge in [-0.1, -0.05) is 5.16 Å². The predicted molar refractivity (Wildman–Crippen MR) is 76.5 cm³/mol. The van der Waals surface area contributed by atoms with Gasteiger partial charge < -0.3 is 9.09 Å². The lowest BCUT2D eigenvalue weighted by molar-refractivity contribution is 0.155. The third kappa shape index (κ3) is 1.99. The largest absolute Gasteiger partial charge is 0.361 e. The summed E-state index contributed by atoms with van der Waals surface area (Å²) < 4.78 is 7.89. The fourth-order valence-electron chi connectivity index (χ4n) is 3.26. The van der Waals surface area contributed by atoms with Gasteiger partial charge in [-0.05, 0) is 38.8 Å². The molecule has 20 heavy (non-hydrogen) atoms. The van der Waals surface area contributed by atoms with Gasteiger partial charge in [-0.3, -0.25) is 4.90 Å². The highest BCUT2D eigenvalue weighted by Crippen LogP contribution is 2.40. The van der Waals surface area contributed by atoms with Crippen LogP contribution in [0.2, 0.25) is 0 Å². The van der Waals surface area contributed by atoms with Crippen LogP contribution in [-0.4, -0.2) is 21.2 Å². The Morgan fingerprint density at radius 1 is 1.30 bits per heavy atom. The van der Waals surface area contributed by atoms with Crippen molar-refractivity contribution in [1.82, 2.24) is 14.6 Å². The quantitative estimate of drug-likeness (QED) is 0.859. The summed E-state index contributed by atoms with van der Waals surface area (Å²) in [5.41, 5.74) is 3.86. The Morgan fingerprint density at radius 3 is 2.95 bits per heavy atom. The van der Waals surface area contributed by atoms with Crippen molar-refractivity contribution in [2.45, 2.75) is 51.7 Å². The average Bonchev–Trinajstić information content (AvgIpc) is 3.08. The van der Waals surface area contributed by atoms with E-state index in [-0.39, 0.29) is 0 Å². The molecule has 0 bridgehead atoms. The number of rotatable bonds is 3.